The number of carbonyl (C=O) groups is 1. The van der Waals surface area contributed by atoms with E-state index in [1.807, 2.05) is 24.3 Å². The number of cyclic esters (lactones) is 1. The van der Waals surface area contributed by atoms with Crippen LogP contribution in [-0.2, 0) is 29.7 Å². The smallest absolute Gasteiger partial charge is 0.306 e. The number of methoxy groups -OCH3 is 1. The molecule has 0 saturated heterocycles. The van der Waals surface area contributed by atoms with Gasteiger partial charge in [-0.3, -0.25) is 4.79 Å². The SMILES string of the molecule is COc1ccc(COC2CCCC(=O)O[C@@H]([C@@H](C)C/C(C)=C/[C@@H](C)[C@@H](C[C@@H](C)O[Si](C)(C)C(C)(C)C)O[Si](C)(C)C(C)(C)C)C/C=C(\C)C[C@@H]2C)cc1. The van der Waals surface area contributed by atoms with Crippen LogP contribution in [0.5, 0.6) is 5.75 Å². The molecule has 304 valence electrons. The predicted molar refractivity (Wildman–Crippen MR) is 229 cm³/mol. The Morgan fingerprint density at radius 2 is 1.55 bits per heavy atom. The second-order valence-electron chi connectivity index (χ2n) is 19.5. The van der Waals surface area contributed by atoms with Crippen LogP contribution in [-0.4, -0.2) is 54.1 Å². The highest BCUT2D eigenvalue weighted by Crippen LogP contribution is 2.41. The van der Waals surface area contributed by atoms with E-state index in [1.54, 1.807) is 7.11 Å². The lowest BCUT2D eigenvalue weighted by Crippen LogP contribution is -2.48. The number of hydrogen-bond acceptors (Lipinski definition) is 6. The van der Waals surface area contributed by atoms with Gasteiger partial charge in [0.05, 0.1) is 25.9 Å². The van der Waals surface area contributed by atoms with E-state index in [0.717, 1.165) is 49.8 Å². The first-order valence-electron chi connectivity index (χ1n) is 20.5. The highest BCUT2D eigenvalue weighted by atomic mass is 28.4. The molecule has 1 aliphatic rings. The van der Waals surface area contributed by atoms with Gasteiger partial charge in [0, 0.05) is 18.9 Å². The third-order valence-corrected chi connectivity index (χ3v) is 21.4. The highest BCUT2D eigenvalue weighted by Gasteiger charge is 2.42. The van der Waals surface area contributed by atoms with Crippen molar-refractivity contribution in [3.8, 4) is 5.75 Å². The van der Waals surface area contributed by atoms with Gasteiger partial charge in [0.15, 0.2) is 16.6 Å². The van der Waals surface area contributed by atoms with Crippen LogP contribution in [0.1, 0.15) is 134 Å². The van der Waals surface area contributed by atoms with Gasteiger partial charge in [0.2, 0.25) is 0 Å². The molecule has 1 aromatic rings. The van der Waals surface area contributed by atoms with Crippen LogP contribution in [0.2, 0.25) is 36.3 Å². The van der Waals surface area contributed by atoms with Crippen molar-refractivity contribution in [1.29, 1.82) is 0 Å². The van der Waals surface area contributed by atoms with Gasteiger partial charge >= 0.3 is 5.97 Å². The van der Waals surface area contributed by atoms with Crippen molar-refractivity contribution in [2.45, 2.75) is 195 Å². The molecular weight excluding hydrogens is 693 g/mol. The molecule has 0 amide bonds. The monoisotopic (exact) mass is 773 g/mol. The van der Waals surface area contributed by atoms with Gasteiger partial charge in [0.1, 0.15) is 11.9 Å². The minimum absolute atomic E-state index is 0.0664. The largest absolute Gasteiger partial charge is 0.497 e. The molecule has 0 N–H and O–H groups in total. The molecule has 1 aromatic carbocycles. The zero-order chi connectivity index (χ0) is 40.4. The fourth-order valence-corrected chi connectivity index (χ4v) is 9.69. The molecule has 0 aromatic heterocycles. The van der Waals surface area contributed by atoms with E-state index in [4.69, 9.17) is 23.1 Å². The van der Waals surface area contributed by atoms with Crippen LogP contribution in [0.25, 0.3) is 0 Å². The van der Waals surface area contributed by atoms with Crippen LogP contribution < -0.4 is 4.74 Å². The van der Waals surface area contributed by atoms with Crippen molar-refractivity contribution in [3.05, 3.63) is 53.1 Å². The molecule has 1 heterocycles. The summed E-state index contributed by atoms with van der Waals surface area (Å²) in [6.45, 7) is 37.3. The van der Waals surface area contributed by atoms with E-state index in [0.29, 0.717) is 18.9 Å². The van der Waals surface area contributed by atoms with Crippen molar-refractivity contribution in [1.82, 2.24) is 0 Å². The summed E-state index contributed by atoms with van der Waals surface area (Å²) in [4.78, 5) is 13.2. The van der Waals surface area contributed by atoms with E-state index in [9.17, 15) is 4.79 Å². The summed E-state index contributed by atoms with van der Waals surface area (Å²) < 4.78 is 32.0. The van der Waals surface area contributed by atoms with Crippen molar-refractivity contribution >= 4 is 22.6 Å². The lowest BCUT2D eigenvalue weighted by Gasteiger charge is -2.43. The Kier molecular flexibility index (Phi) is 18.3. The summed E-state index contributed by atoms with van der Waals surface area (Å²) >= 11 is 0. The Hall–Kier alpha value is -1.72. The summed E-state index contributed by atoms with van der Waals surface area (Å²) in [5.41, 5.74) is 3.76. The molecular formula is C45H80O6Si2. The maximum Gasteiger partial charge on any atom is 0.306 e. The molecule has 7 atom stereocenters. The van der Waals surface area contributed by atoms with Crippen LogP contribution in [0.4, 0.5) is 0 Å². The summed E-state index contributed by atoms with van der Waals surface area (Å²) in [5, 5.41) is 0.279. The average Bonchev–Trinajstić information content (AvgIpc) is 3.02. The normalized spacial score (nSPS) is 23.8. The fraction of sp³-hybridized carbons (Fsp3) is 0.756. The Bertz CT molecular complexity index is 1320. The Balaban J connectivity index is 2.17. The molecule has 0 spiro atoms. The second kappa shape index (κ2) is 20.4. The maximum atomic E-state index is 13.2. The average molecular weight is 773 g/mol. The number of hydrogen-bond donors (Lipinski definition) is 0. The van der Waals surface area contributed by atoms with Crippen LogP contribution >= 0.6 is 0 Å². The quantitative estimate of drug-likeness (QED) is 0.100. The van der Waals surface area contributed by atoms with Gasteiger partial charge in [-0.05, 0) is 125 Å². The van der Waals surface area contributed by atoms with Crippen molar-refractivity contribution < 1.29 is 27.9 Å². The topological polar surface area (TPSA) is 63.2 Å². The van der Waals surface area contributed by atoms with E-state index >= 15 is 0 Å². The first-order chi connectivity index (χ1) is 24.3. The number of benzene rings is 1. The van der Waals surface area contributed by atoms with Gasteiger partial charge in [-0.15, -0.1) is 0 Å². The van der Waals surface area contributed by atoms with E-state index in [1.165, 1.54) is 11.1 Å². The van der Waals surface area contributed by atoms with E-state index in [-0.39, 0.29) is 52.3 Å². The molecule has 1 aliphatic heterocycles. The van der Waals surface area contributed by atoms with Gasteiger partial charge in [0.25, 0.3) is 0 Å². The molecule has 0 fully saturated rings. The van der Waals surface area contributed by atoms with Crippen molar-refractivity contribution in [2.24, 2.45) is 17.8 Å². The standard InChI is InChI=1S/C45H80O6Si2/c1-32-21-26-41(49-43(46)20-18-19-40(34(3)27-32)48-31-38-22-24-39(47-13)25-23-38)35(4)28-33(2)29-36(5)42(51-53(16,17)45(10,11)12)30-37(6)50-52(14,15)44(7,8)9/h21-25,29,34-37,40-42H,18-20,26-28,30-31H2,1-17H3/b32-21+,33-29+/t34-,35-,36+,37+,40?,41+,42+/m0/s1. The van der Waals surface area contributed by atoms with Gasteiger partial charge in [-0.25, -0.2) is 0 Å². The van der Waals surface area contributed by atoms with Gasteiger partial charge in [-0.2, -0.15) is 0 Å². The van der Waals surface area contributed by atoms with Gasteiger partial charge < -0.3 is 23.1 Å². The van der Waals surface area contributed by atoms with Crippen LogP contribution in [0.15, 0.2) is 47.6 Å². The molecule has 0 radical (unpaired) electrons. The van der Waals surface area contributed by atoms with E-state index < -0.39 is 16.6 Å². The Morgan fingerprint density at radius 3 is 2.11 bits per heavy atom. The van der Waals surface area contributed by atoms with E-state index in [2.05, 4.69) is 121 Å². The zero-order valence-corrected chi connectivity index (χ0v) is 39.1. The first kappa shape index (κ1) is 47.4. The number of rotatable bonds is 15. The molecule has 2 rings (SSSR count). The number of esters is 1. The predicted octanol–water partition coefficient (Wildman–Crippen LogP) is 12.8. The highest BCUT2D eigenvalue weighted by molar-refractivity contribution is 6.74. The molecule has 53 heavy (non-hydrogen) atoms. The van der Waals surface area contributed by atoms with Crippen molar-refractivity contribution in [2.75, 3.05) is 7.11 Å². The number of allylic oxidation sites excluding steroid dienone is 2. The first-order valence-corrected chi connectivity index (χ1v) is 26.3. The van der Waals surface area contributed by atoms with Gasteiger partial charge in [-0.1, -0.05) is 97.7 Å². The lowest BCUT2D eigenvalue weighted by atomic mass is 9.89. The second-order valence-corrected chi connectivity index (χ2v) is 29.0. The van der Waals surface area contributed by atoms with Crippen LogP contribution in [0.3, 0.4) is 0 Å². The third kappa shape index (κ3) is 15.7. The molecule has 1 unspecified atom stereocenters. The number of carbonyl (C=O) groups excluding carboxylic acids is 1. The summed E-state index contributed by atoms with van der Waals surface area (Å²) in [5.74, 6) is 1.49. The van der Waals surface area contributed by atoms with Crippen molar-refractivity contribution in [3.63, 3.8) is 0 Å². The summed E-state index contributed by atoms with van der Waals surface area (Å²) in [7, 11) is -2.26. The summed E-state index contributed by atoms with van der Waals surface area (Å²) in [6.07, 6.45) is 10.2. The molecule has 0 aliphatic carbocycles. The molecule has 6 nitrogen and oxygen atoms in total. The van der Waals surface area contributed by atoms with Crippen LogP contribution in [0, 0.1) is 17.8 Å². The minimum Gasteiger partial charge on any atom is -0.497 e. The lowest BCUT2D eigenvalue weighted by molar-refractivity contribution is -0.151. The zero-order valence-electron chi connectivity index (χ0n) is 37.1. The summed E-state index contributed by atoms with van der Waals surface area (Å²) in [6, 6.07) is 8.04. The fourth-order valence-electron chi connectivity index (χ4n) is 6.81. The minimum atomic E-state index is -2.03. The third-order valence-electron chi connectivity index (χ3n) is 12.3. The maximum absolute atomic E-state index is 13.2. The molecule has 8 heteroatoms. The Morgan fingerprint density at radius 1 is 0.962 bits per heavy atom. The number of ether oxygens (including phenoxy) is 3. The Labute approximate surface area is 328 Å². The molecule has 0 saturated carbocycles. The molecule has 0 bridgehead atoms.